The van der Waals surface area contributed by atoms with Crippen LogP contribution in [0.5, 0.6) is 0 Å². The summed E-state index contributed by atoms with van der Waals surface area (Å²) >= 11 is 0. The lowest BCUT2D eigenvalue weighted by Gasteiger charge is -2.05. The lowest BCUT2D eigenvalue weighted by Crippen LogP contribution is -2.43. The topological polar surface area (TPSA) is 108 Å². The van der Waals surface area contributed by atoms with Gasteiger partial charge in [-0.1, -0.05) is 5.92 Å². The Bertz CT molecular complexity index is 295. The molecule has 0 saturated carbocycles. The molecule has 0 saturated heterocycles. The molecule has 7 nitrogen and oxygen atoms in total. The molecule has 0 heterocycles. The molecule has 0 aliphatic rings. The van der Waals surface area contributed by atoms with Crippen LogP contribution in [0.1, 0.15) is 0 Å². The van der Waals surface area contributed by atoms with Gasteiger partial charge in [-0.2, -0.15) is 0 Å². The average Bonchev–Trinajstić information content (AvgIpc) is 2.20. The Morgan fingerprint density at radius 1 is 1.13 bits per heavy atom. The van der Waals surface area contributed by atoms with Gasteiger partial charge in [0.1, 0.15) is 6.54 Å². The number of hydrogen-bond acceptors (Lipinski definition) is 3. The van der Waals surface area contributed by atoms with Crippen LogP contribution < -0.4 is 16.0 Å². The molecule has 0 aromatic rings. The number of carboxylic acids is 1. The van der Waals surface area contributed by atoms with Crippen molar-refractivity contribution in [2.75, 3.05) is 19.6 Å². The van der Waals surface area contributed by atoms with E-state index in [0.717, 1.165) is 0 Å². The SMILES string of the molecule is C#CCNC(=O)NCC(=O)NCC(=O)O. The summed E-state index contributed by atoms with van der Waals surface area (Å²) in [6.45, 7) is -0.723. The van der Waals surface area contributed by atoms with Crippen LogP contribution >= 0.6 is 0 Å². The zero-order valence-corrected chi connectivity index (χ0v) is 7.87. The van der Waals surface area contributed by atoms with E-state index in [9.17, 15) is 14.4 Å². The van der Waals surface area contributed by atoms with Crippen molar-refractivity contribution in [2.24, 2.45) is 0 Å². The molecule has 0 aliphatic heterocycles. The number of terminal acetylenes is 1. The van der Waals surface area contributed by atoms with Gasteiger partial charge in [0.25, 0.3) is 0 Å². The van der Waals surface area contributed by atoms with Crippen LogP contribution in [-0.4, -0.2) is 42.6 Å². The van der Waals surface area contributed by atoms with Gasteiger partial charge in [0.05, 0.1) is 13.1 Å². The highest BCUT2D eigenvalue weighted by Gasteiger charge is 2.05. The zero-order valence-electron chi connectivity index (χ0n) is 7.87. The molecule has 4 N–H and O–H groups in total. The predicted molar refractivity (Wildman–Crippen MR) is 50.9 cm³/mol. The molecule has 3 amide bonds. The third kappa shape index (κ3) is 8.11. The number of nitrogens with one attached hydrogen (secondary N) is 3. The largest absolute Gasteiger partial charge is 0.480 e. The summed E-state index contributed by atoms with van der Waals surface area (Å²) in [6.07, 6.45) is 4.88. The number of urea groups is 1. The lowest BCUT2D eigenvalue weighted by atomic mass is 10.5. The van der Waals surface area contributed by atoms with Gasteiger partial charge in [-0.25, -0.2) is 4.79 Å². The molecule has 0 aromatic heterocycles. The van der Waals surface area contributed by atoms with Gasteiger partial charge in [0, 0.05) is 0 Å². The summed E-state index contributed by atoms with van der Waals surface area (Å²) < 4.78 is 0. The quantitative estimate of drug-likeness (QED) is 0.401. The van der Waals surface area contributed by atoms with Crippen molar-refractivity contribution in [3.63, 3.8) is 0 Å². The summed E-state index contributed by atoms with van der Waals surface area (Å²) in [7, 11) is 0. The normalized spacial score (nSPS) is 8.47. The first-order chi connectivity index (χ1) is 7.06. The van der Waals surface area contributed by atoms with Crippen molar-refractivity contribution in [1.29, 1.82) is 0 Å². The van der Waals surface area contributed by atoms with E-state index in [1.807, 2.05) is 0 Å². The van der Waals surface area contributed by atoms with Crippen LogP contribution in [0, 0.1) is 12.3 Å². The Kier molecular flexibility index (Phi) is 6.13. The molecule has 0 spiro atoms. The Morgan fingerprint density at radius 2 is 1.80 bits per heavy atom. The molecule has 0 bridgehead atoms. The predicted octanol–water partition coefficient (Wildman–Crippen LogP) is -1.88. The molecule has 15 heavy (non-hydrogen) atoms. The minimum absolute atomic E-state index is 0.0581. The molecule has 7 heteroatoms. The first-order valence-corrected chi connectivity index (χ1v) is 4.00. The lowest BCUT2D eigenvalue weighted by molar-refractivity contribution is -0.137. The molecule has 0 aliphatic carbocycles. The van der Waals surface area contributed by atoms with Crippen molar-refractivity contribution >= 4 is 17.9 Å². The maximum absolute atomic E-state index is 10.9. The Balaban J connectivity index is 3.58. The van der Waals surface area contributed by atoms with Crippen LogP contribution in [0.3, 0.4) is 0 Å². The van der Waals surface area contributed by atoms with Gasteiger partial charge < -0.3 is 21.1 Å². The molecular weight excluding hydrogens is 202 g/mol. The maximum Gasteiger partial charge on any atom is 0.322 e. The van der Waals surface area contributed by atoms with E-state index in [-0.39, 0.29) is 13.1 Å². The van der Waals surface area contributed by atoms with Crippen LogP contribution in [0.4, 0.5) is 4.79 Å². The molecule has 0 fully saturated rings. The summed E-state index contributed by atoms with van der Waals surface area (Å²) in [5.41, 5.74) is 0. The third-order valence-electron chi connectivity index (χ3n) is 1.20. The fourth-order valence-corrected chi connectivity index (χ4v) is 0.591. The van der Waals surface area contributed by atoms with Gasteiger partial charge in [-0.3, -0.25) is 9.59 Å². The number of carbonyl (C=O) groups is 3. The highest BCUT2D eigenvalue weighted by Crippen LogP contribution is 1.68. The number of amides is 3. The highest BCUT2D eigenvalue weighted by molar-refractivity contribution is 5.86. The molecule has 0 atom stereocenters. The van der Waals surface area contributed by atoms with E-state index in [1.54, 1.807) is 0 Å². The first-order valence-electron chi connectivity index (χ1n) is 4.00. The van der Waals surface area contributed by atoms with Crippen LogP contribution in [0.2, 0.25) is 0 Å². The standard InChI is InChI=1S/C8H11N3O4/c1-2-3-9-8(15)11-4-6(12)10-5-7(13)14/h1H,3-5H2,(H,10,12)(H,13,14)(H2,9,11,15). The number of aliphatic carboxylic acids is 1. The van der Waals surface area contributed by atoms with Gasteiger partial charge in [0.15, 0.2) is 0 Å². The Morgan fingerprint density at radius 3 is 2.33 bits per heavy atom. The van der Waals surface area contributed by atoms with E-state index >= 15 is 0 Å². The van der Waals surface area contributed by atoms with Crippen LogP contribution in [-0.2, 0) is 9.59 Å². The van der Waals surface area contributed by atoms with E-state index in [2.05, 4.69) is 21.9 Å². The fourth-order valence-electron chi connectivity index (χ4n) is 0.591. The summed E-state index contributed by atoms with van der Waals surface area (Å²) in [6, 6.07) is -0.585. The van der Waals surface area contributed by atoms with Gasteiger partial charge in [0.2, 0.25) is 5.91 Å². The van der Waals surface area contributed by atoms with Crippen molar-refractivity contribution in [3.05, 3.63) is 0 Å². The molecule has 0 unspecified atom stereocenters. The zero-order chi connectivity index (χ0) is 11.7. The summed E-state index contributed by atoms with van der Waals surface area (Å²) in [5, 5.41) is 14.8. The summed E-state index contributed by atoms with van der Waals surface area (Å²) in [4.78, 5) is 31.7. The second kappa shape index (κ2) is 7.20. The molecule has 0 rings (SSSR count). The number of rotatable bonds is 5. The second-order valence-electron chi connectivity index (χ2n) is 2.41. The minimum Gasteiger partial charge on any atom is -0.480 e. The van der Waals surface area contributed by atoms with E-state index in [0.29, 0.717) is 0 Å². The highest BCUT2D eigenvalue weighted by atomic mass is 16.4. The minimum atomic E-state index is -1.15. The van der Waals surface area contributed by atoms with Crippen molar-refractivity contribution < 1.29 is 19.5 Å². The monoisotopic (exact) mass is 213 g/mol. The second-order valence-corrected chi connectivity index (χ2v) is 2.41. The van der Waals surface area contributed by atoms with Gasteiger partial charge in [-0.05, 0) is 0 Å². The number of carbonyl (C=O) groups excluding carboxylic acids is 2. The van der Waals surface area contributed by atoms with Gasteiger partial charge >= 0.3 is 12.0 Å². The van der Waals surface area contributed by atoms with E-state index < -0.39 is 24.5 Å². The molecule has 0 radical (unpaired) electrons. The van der Waals surface area contributed by atoms with Crippen molar-refractivity contribution in [3.8, 4) is 12.3 Å². The number of hydrogen-bond donors (Lipinski definition) is 4. The van der Waals surface area contributed by atoms with E-state index in [1.165, 1.54) is 0 Å². The smallest absolute Gasteiger partial charge is 0.322 e. The molecule has 82 valence electrons. The number of carboxylic acid groups (broad SMARTS) is 1. The van der Waals surface area contributed by atoms with E-state index in [4.69, 9.17) is 11.5 Å². The molecular formula is C8H11N3O4. The average molecular weight is 213 g/mol. The van der Waals surface area contributed by atoms with Crippen LogP contribution in [0.15, 0.2) is 0 Å². The van der Waals surface area contributed by atoms with Crippen molar-refractivity contribution in [1.82, 2.24) is 16.0 Å². The van der Waals surface area contributed by atoms with Gasteiger partial charge in [-0.15, -0.1) is 6.42 Å². The first kappa shape index (κ1) is 12.8. The third-order valence-corrected chi connectivity index (χ3v) is 1.20. The van der Waals surface area contributed by atoms with Crippen molar-refractivity contribution in [2.45, 2.75) is 0 Å². The Labute approximate surface area is 86.2 Å². The summed E-state index contributed by atoms with van der Waals surface area (Å²) in [5.74, 6) is 0.434. The van der Waals surface area contributed by atoms with Crippen LogP contribution in [0.25, 0.3) is 0 Å². The Hall–Kier alpha value is -2.23. The molecule has 0 aromatic carbocycles. The maximum atomic E-state index is 10.9. The fraction of sp³-hybridized carbons (Fsp3) is 0.375.